The minimum absolute atomic E-state index is 0.146. The highest BCUT2D eigenvalue weighted by Crippen LogP contribution is 2.33. The second kappa shape index (κ2) is 7.33. The molecule has 6 heteroatoms. The van der Waals surface area contributed by atoms with Crippen molar-refractivity contribution in [3.8, 4) is 5.75 Å². The van der Waals surface area contributed by atoms with Crippen molar-refractivity contribution in [2.24, 2.45) is 0 Å². The third-order valence-corrected chi connectivity index (χ3v) is 7.63. The van der Waals surface area contributed by atoms with Gasteiger partial charge >= 0.3 is 0 Å². The van der Waals surface area contributed by atoms with Gasteiger partial charge in [0, 0.05) is 23.5 Å². The number of halogens is 1. The van der Waals surface area contributed by atoms with Crippen LogP contribution in [-0.4, -0.2) is 31.1 Å². The Morgan fingerprint density at radius 2 is 1.96 bits per heavy atom. The summed E-state index contributed by atoms with van der Waals surface area (Å²) < 4.78 is 34.2. The Morgan fingerprint density at radius 3 is 2.73 bits per heavy atom. The lowest BCUT2D eigenvalue weighted by Gasteiger charge is -2.22. The van der Waals surface area contributed by atoms with Crippen LogP contribution in [0.25, 0.3) is 0 Å². The molecule has 0 atom stereocenters. The van der Waals surface area contributed by atoms with E-state index in [1.54, 1.807) is 4.31 Å². The van der Waals surface area contributed by atoms with Crippen LogP contribution in [-0.2, 0) is 29.4 Å². The quantitative estimate of drug-likeness (QED) is 0.661. The smallest absolute Gasteiger partial charge is 0.214 e. The van der Waals surface area contributed by atoms with E-state index in [2.05, 4.69) is 22.0 Å². The molecule has 0 radical (unpaired) electrons. The third kappa shape index (κ3) is 3.97. The van der Waals surface area contributed by atoms with Crippen molar-refractivity contribution in [1.29, 1.82) is 0 Å². The van der Waals surface area contributed by atoms with E-state index in [-0.39, 0.29) is 11.8 Å². The first-order valence-corrected chi connectivity index (χ1v) is 11.4. The predicted molar refractivity (Wildman–Crippen MR) is 106 cm³/mol. The second-order valence-corrected chi connectivity index (χ2v) is 9.87. The molecule has 0 aromatic heterocycles. The molecular weight excluding hydrogens is 414 g/mol. The molecule has 1 heterocycles. The van der Waals surface area contributed by atoms with Crippen molar-refractivity contribution in [2.75, 3.05) is 12.4 Å². The largest absolute Gasteiger partial charge is 0.493 e. The number of ether oxygens (including phenoxy) is 1. The van der Waals surface area contributed by atoms with Gasteiger partial charge in [0.25, 0.3) is 0 Å². The predicted octanol–water partition coefficient (Wildman–Crippen LogP) is 3.92. The molecule has 2 aliphatic rings. The standard InChI is InChI=1S/C20H22BrNO3S/c21-19-4-2-1-3-17(19)14-22(18-6-7-18)26(23,24)12-10-15-5-8-20-16(13-15)9-11-25-20/h1-5,8,13,18H,6-7,9-12,14H2. The van der Waals surface area contributed by atoms with E-state index >= 15 is 0 Å². The molecule has 2 aromatic rings. The molecule has 1 aliphatic heterocycles. The average molecular weight is 436 g/mol. The molecule has 26 heavy (non-hydrogen) atoms. The fraction of sp³-hybridized carbons (Fsp3) is 0.400. The fourth-order valence-electron chi connectivity index (χ4n) is 3.37. The molecule has 0 saturated heterocycles. The van der Waals surface area contributed by atoms with Crippen LogP contribution in [0.4, 0.5) is 0 Å². The topological polar surface area (TPSA) is 46.6 Å². The summed E-state index contributed by atoms with van der Waals surface area (Å²) in [5.74, 6) is 1.08. The van der Waals surface area contributed by atoms with Crippen LogP contribution >= 0.6 is 15.9 Å². The van der Waals surface area contributed by atoms with Crippen LogP contribution in [0, 0.1) is 0 Å². The highest BCUT2D eigenvalue weighted by atomic mass is 79.9. The van der Waals surface area contributed by atoms with Gasteiger partial charge in [-0.2, -0.15) is 4.31 Å². The zero-order valence-electron chi connectivity index (χ0n) is 14.5. The van der Waals surface area contributed by atoms with Gasteiger partial charge in [-0.3, -0.25) is 0 Å². The first kappa shape index (κ1) is 18.0. The van der Waals surface area contributed by atoms with Crippen molar-refractivity contribution in [1.82, 2.24) is 4.31 Å². The monoisotopic (exact) mass is 435 g/mol. The van der Waals surface area contributed by atoms with E-state index < -0.39 is 10.0 Å². The van der Waals surface area contributed by atoms with Gasteiger partial charge in [0.2, 0.25) is 10.0 Å². The lowest BCUT2D eigenvalue weighted by atomic mass is 10.1. The van der Waals surface area contributed by atoms with Crippen LogP contribution in [0.2, 0.25) is 0 Å². The van der Waals surface area contributed by atoms with E-state index in [1.807, 2.05) is 36.4 Å². The molecule has 1 saturated carbocycles. The first-order valence-electron chi connectivity index (χ1n) is 9.00. The Labute approximate surface area is 163 Å². The highest BCUT2D eigenvalue weighted by molar-refractivity contribution is 9.10. The summed E-state index contributed by atoms with van der Waals surface area (Å²) in [7, 11) is -3.31. The number of sulfonamides is 1. The zero-order valence-corrected chi connectivity index (χ0v) is 16.9. The summed E-state index contributed by atoms with van der Waals surface area (Å²) in [6, 6.07) is 14.0. The minimum atomic E-state index is -3.31. The number of rotatable bonds is 7. The molecule has 138 valence electrons. The molecule has 0 spiro atoms. The summed E-state index contributed by atoms with van der Waals surface area (Å²) in [4.78, 5) is 0. The van der Waals surface area contributed by atoms with Gasteiger partial charge in [-0.25, -0.2) is 8.42 Å². The Morgan fingerprint density at radius 1 is 1.15 bits per heavy atom. The maximum Gasteiger partial charge on any atom is 0.214 e. The van der Waals surface area contributed by atoms with Crippen LogP contribution in [0.1, 0.15) is 29.5 Å². The van der Waals surface area contributed by atoms with Gasteiger partial charge in [0.1, 0.15) is 5.75 Å². The minimum Gasteiger partial charge on any atom is -0.493 e. The summed E-state index contributed by atoms with van der Waals surface area (Å²) in [5, 5.41) is 0. The van der Waals surface area contributed by atoms with E-state index in [0.717, 1.165) is 47.2 Å². The average Bonchev–Trinajstić information content (AvgIpc) is 3.35. The fourth-order valence-corrected chi connectivity index (χ4v) is 5.51. The first-order chi connectivity index (χ1) is 12.5. The Hall–Kier alpha value is -1.37. The van der Waals surface area contributed by atoms with Gasteiger partial charge in [0.05, 0.1) is 12.4 Å². The van der Waals surface area contributed by atoms with Crippen molar-refractivity contribution >= 4 is 26.0 Å². The summed E-state index contributed by atoms with van der Waals surface area (Å²) in [5.41, 5.74) is 3.26. The van der Waals surface area contributed by atoms with Gasteiger partial charge in [0.15, 0.2) is 0 Å². The summed E-state index contributed by atoms with van der Waals surface area (Å²) >= 11 is 3.53. The number of hydrogen-bond donors (Lipinski definition) is 0. The third-order valence-electron chi connectivity index (χ3n) is 5.00. The number of fused-ring (bicyclic) bond motifs is 1. The molecular formula is C20H22BrNO3S. The van der Waals surface area contributed by atoms with Gasteiger partial charge in [-0.15, -0.1) is 0 Å². The van der Waals surface area contributed by atoms with E-state index in [1.165, 1.54) is 5.56 Å². The SMILES string of the molecule is O=S(=O)(CCc1ccc2c(c1)CCO2)N(Cc1ccccc1Br)C1CC1. The molecule has 1 aliphatic carbocycles. The highest BCUT2D eigenvalue weighted by Gasteiger charge is 2.37. The molecule has 0 bridgehead atoms. The molecule has 1 fully saturated rings. The second-order valence-electron chi connectivity index (χ2n) is 6.97. The van der Waals surface area contributed by atoms with Gasteiger partial charge in [-0.05, 0) is 48.1 Å². The maximum absolute atomic E-state index is 13.0. The maximum atomic E-state index is 13.0. The Kier molecular flexibility index (Phi) is 5.08. The Bertz CT molecular complexity index is 909. The van der Waals surface area contributed by atoms with Crippen LogP contribution in [0.5, 0.6) is 5.75 Å². The number of nitrogens with zero attached hydrogens (tertiary/aromatic N) is 1. The molecule has 4 nitrogen and oxygen atoms in total. The molecule has 4 rings (SSSR count). The normalized spacial score (nSPS) is 16.5. The van der Waals surface area contributed by atoms with E-state index in [9.17, 15) is 8.42 Å². The lowest BCUT2D eigenvalue weighted by Crippen LogP contribution is -2.35. The van der Waals surface area contributed by atoms with Crippen molar-refractivity contribution in [3.63, 3.8) is 0 Å². The zero-order chi connectivity index (χ0) is 18.1. The van der Waals surface area contributed by atoms with Crippen LogP contribution < -0.4 is 4.74 Å². The van der Waals surface area contributed by atoms with Crippen LogP contribution in [0.15, 0.2) is 46.9 Å². The van der Waals surface area contributed by atoms with Crippen molar-refractivity contribution in [3.05, 3.63) is 63.6 Å². The van der Waals surface area contributed by atoms with E-state index in [0.29, 0.717) is 13.0 Å². The number of benzene rings is 2. The summed E-state index contributed by atoms with van der Waals surface area (Å²) in [6.45, 7) is 1.16. The van der Waals surface area contributed by atoms with E-state index in [4.69, 9.17) is 4.74 Å². The molecule has 0 N–H and O–H groups in total. The van der Waals surface area contributed by atoms with Crippen LogP contribution in [0.3, 0.4) is 0 Å². The summed E-state index contributed by atoms with van der Waals surface area (Å²) in [6.07, 6.45) is 3.36. The van der Waals surface area contributed by atoms with Crippen molar-refractivity contribution in [2.45, 2.75) is 38.3 Å². The molecule has 0 amide bonds. The molecule has 2 aromatic carbocycles. The molecule has 0 unspecified atom stereocenters. The van der Waals surface area contributed by atoms with Crippen molar-refractivity contribution < 1.29 is 13.2 Å². The van der Waals surface area contributed by atoms with Gasteiger partial charge < -0.3 is 4.74 Å². The number of aryl methyl sites for hydroxylation is 1. The van der Waals surface area contributed by atoms with Gasteiger partial charge in [-0.1, -0.05) is 46.3 Å². The Balaban J connectivity index is 1.47. The lowest BCUT2D eigenvalue weighted by molar-refractivity contribution is 0.357. The number of hydrogen-bond acceptors (Lipinski definition) is 3.